The van der Waals surface area contributed by atoms with Gasteiger partial charge in [0, 0.05) is 36.8 Å². The summed E-state index contributed by atoms with van der Waals surface area (Å²) < 4.78 is 33.4. The maximum Gasteiger partial charge on any atom is 0.404 e. The third-order valence-electron chi connectivity index (χ3n) is 6.60. The highest BCUT2D eigenvalue weighted by Crippen LogP contribution is 2.48. The first-order valence-corrected chi connectivity index (χ1v) is 11.3. The van der Waals surface area contributed by atoms with Gasteiger partial charge in [-0.15, -0.1) is 0 Å². The molecule has 1 fully saturated rings. The summed E-state index contributed by atoms with van der Waals surface area (Å²) in [7, 11) is 0. The molecule has 1 aliphatic heterocycles. The molecular weight excluding hydrogens is 432 g/mol. The molecule has 0 saturated heterocycles. The van der Waals surface area contributed by atoms with E-state index in [1.165, 1.54) is 0 Å². The van der Waals surface area contributed by atoms with Gasteiger partial charge in [0.25, 0.3) is 0 Å². The number of pyridine rings is 1. The third kappa shape index (κ3) is 5.42. The van der Waals surface area contributed by atoms with Gasteiger partial charge in [0.15, 0.2) is 0 Å². The highest BCUT2D eigenvalue weighted by atomic mass is 19.1. The van der Waals surface area contributed by atoms with Crippen molar-refractivity contribution in [2.24, 2.45) is 0 Å². The van der Waals surface area contributed by atoms with Crippen LogP contribution >= 0.6 is 0 Å². The Bertz CT molecular complexity index is 995. The molecule has 1 amide bonds. The number of fused-ring (bicyclic) bond motifs is 1. The zero-order valence-corrected chi connectivity index (χ0v) is 18.5. The number of amides is 1. The number of hydrogen-bond acceptors (Lipinski definition) is 5. The number of aliphatic hydroxyl groups is 1. The number of carboxylic acid groups (broad SMARTS) is 1. The van der Waals surface area contributed by atoms with Crippen molar-refractivity contribution >= 4 is 6.09 Å². The number of carbonyl (C=O) groups is 1. The summed E-state index contributed by atoms with van der Waals surface area (Å²) >= 11 is 0. The number of nitrogens with zero attached hydrogens (tertiary/aromatic N) is 1. The summed E-state index contributed by atoms with van der Waals surface area (Å²) in [6.45, 7) is 2.13. The Kier molecular flexibility index (Phi) is 6.81. The van der Waals surface area contributed by atoms with Gasteiger partial charge in [-0.25, -0.2) is 18.6 Å². The molecule has 1 aromatic carbocycles. The van der Waals surface area contributed by atoms with Crippen molar-refractivity contribution in [1.82, 2.24) is 15.6 Å². The van der Waals surface area contributed by atoms with Crippen molar-refractivity contribution < 1.29 is 28.5 Å². The van der Waals surface area contributed by atoms with Crippen molar-refractivity contribution in [3.8, 4) is 5.88 Å². The second-order valence-corrected chi connectivity index (χ2v) is 9.00. The SMILES string of the molecule is CCc1cnc2c(c1)[C@@H](NC[C@@H](O)[C@H](Cc1cc(F)cc(F)c1)NC(=O)O)CC1(CCC1)O2. The third-order valence-corrected chi connectivity index (χ3v) is 6.60. The molecule has 4 rings (SSSR count). The van der Waals surface area contributed by atoms with Crippen molar-refractivity contribution in [2.75, 3.05) is 6.54 Å². The van der Waals surface area contributed by atoms with E-state index in [2.05, 4.69) is 21.7 Å². The minimum atomic E-state index is -1.32. The molecule has 2 heterocycles. The molecule has 178 valence electrons. The quantitative estimate of drug-likeness (QED) is 0.480. The van der Waals surface area contributed by atoms with E-state index >= 15 is 0 Å². The number of halogens is 2. The van der Waals surface area contributed by atoms with Crippen LogP contribution in [0.4, 0.5) is 13.6 Å². The van der Waals surface area contributed by atoms with Crippen LogP contribution in [0.2, 0.25) is 0 Å². The first-order chi connectivity index (χ1) is 15.8. The number of aryl methyl sites for hydroxylation is 1. The maximum absolute atomic E-state index is 13.6. The number of ether oxygens (including phenoxy) is 1. The van der Waals surface area contributed by atoms with E-state index in [1.807, 2.05) is 13.1 Å². The van der Waals surface area contributed by atoms with Crippen molar-refractivity contribution in [3.63, 3.8) is 0 Å². The Hall–Kier alpha value is -2.78. The number of hydrogen-bond donors (Lipinski definition) is 4. The molecule has 9 heteroatoms. The highest BCUT2D eigenvalue weighted by molar-refractivity contribution is 5.65. The molecule has 1 aliphatic carbocycles. The van der Waals surface area contributed by atoms with Crippen LogP contribution in [0.5, 0.6) is 5.88 Å². The van der Waals surface area contributed by atoms with E-state index in [9.17, 15) is 23.8 Å². The summed E-state index contributed by atoms with van der Waals surface area (Å²) in [6.07, 6.45) is 3.84. The fourth-order valence-corrected chi connectivity index (χ4v) is 4.66. The van der Waals surface area contributed by atoms with Gasteiger partial charge in [0.1, 0.15) is 17.2 Å². The zero-order chi connectivity index (χ0) is 23.6. The maximum atomic E-state index is 13.6. The molecule has 2 aliphatic rings. The number of aliphatic hydroxyl groups excluding tert-OH is 1. The smallest absolute Gasteiger partial charge is 0.404 e. The molecule has 1 aromatic heterocycles. The summed E-state index contributed by atoms with van der Waals surface area (Å²) in [4.78, 5) is 15.8. The second kappa shape index (κ2) is 9.61. The monoisotopic (exact) mass is 461 g/mol. The summed E-state index contributed by atoms with van der Waals surface area (Å²) in [6, 6.07) is 4.01. The van der Waals surface area contributed by atoms with Crippen molar-refractivity contribution in [3.05, 3.63) is 58.8 Å². The highest BCUT2D eigenvalue weighted by Gasteiger charge is 2.46. The van der Waals surface area contributed by atoms with Gasteiger partial charge in [-0.1, -0.05) is 6.92 Å². The summed E-state index contributed by atoms with van der Waals surface area (Å²) in [5, 5.41) is 25.7. The van der Waals surface area contributed by atoms with E-state index in [4.69, 9.17) is 4.74 Å². The molecular formula is C24H29F2N3O4. The molecule has 4 N–H and O–H groups in total. The van der Waals surface area contributed by atoms with Crippen LogP contribution in [0.1, 0.15) is 55.3 Å². The lowest BCUT2D eigenvalue weighted by atomic mass is 9.73. The lowest BCUT2D eigenvalue weighted by Crippen LogP contribution is -2.52. The summed E-state index contributed by atoms with van der Waals surface area (Å²) in [5.74, 6) is -0.911. The molecule has 0 radical (unpaired) electrons. The lowest BCUT2D eigenvalue weighted by Gasteiger charge is -2.47. The Labute approximate surface area is 191 Å². The van der Waals surface area contributed by atoms with E-state index in [-0.39, 0.29) is 30.2 Å². The van der Waals surface area contributed by atoms with Crippen molar-refractivity contribution in [1.29, 1.82) is 0 Å². The fraction of sp³-hybridized carbons (Fsp3) is 0.500. The number of nitrogens with one attached hydrogen (secondary N) is 2. The Morgan fingerprint density at radius 1 is 1.24 bits per heavy atom. The standard InChI is InChI=1S/C24H29F2N3O4/c1-2-14-8-18-20(11-24(4-3-5-24)33-22(18)28-12-14)27-13-21(30)19(29-23(31)32)9-15-6-16(25)10-17(26)7-15/h6-8,10,12,19-21,27,29-30H,2-5,9,11,13H2,1H3,(H,31,32)/t19-,20-,21+/m0/s1. The fourth-order valence-electron chi connectivity index (χ4n) is 4.66. The average Bonchev–Trinajstić information content (AvgIpc) is 2.74. The Morgan fingerprint density at radius 2 is 1.97 bits per heavy atom. The zero-order valence-electron chi connectivity index (χ0n) is 18.5. The molecule has 2 aromatic rings. The van der Waals surface area contributed by atoms with Crippen LogP contribution in [0.15, 0.2) is 30.5 Å². The molecule has 7 nitrogen and oxygen atoms in total. The predicted molar refractivity (Wildman–Crippen MR) is 117 cm³/mol. The van der Waals surface area contributed by atoms with Gasteiger partial charge < -0.3 is 25.6 Å². The van der Waals surface area contributed by atoms with E-state index in [0.717, 1.165) is 61.4 Å². The van der Waals surface area contributed by atoms with E-state index < -0.39 is 29.9 Å². The second-order valence-electron chi connectivity index (χ2n) is 9.00. The van der Waals surface area contributed by atoms with Gasteiger partial charge in [-0.05, 0) is 61.4 Å². The number of aromatic nitrogens is 1. The molecule has 1 spiro atoms. The minimum absolute atomic E-state index is 0.0559. The van der Waals surface area contributed by atoms with Gasteiger partial charge in [-0.2, -0.15) is 0 Å². The number of rotatable bonds is 8. The first-order valence-electron chi connectivity index (χ1n) is 11.3. The van der Waals surface area contributed by atoms with Crippen LogP contribution in [0, 0.1) is 11.6 Å². The van der Waals surface area contributed by atoms with Crippen LogP contribution < -0.4 is 15.4 Å². The topological polar surface area (TPSA) is 104 Å². The van der Waals surface area contributed by atoms with Gasteiger partial charge >= 0.3 is 6.09 Å². The lowest BCUT2D eigenvalue weighted by molar-refractivity contribution is -0.0420. The van der Waals surface area contributed by atoms with Crippen LogP contribution in [0.3, 0.4) is 0 Å². The minimum Gasteiger partial charge on any atom is -0.471 e. The molecule has 0 unspecified atom stereocenters. The largest absolute Gasteiger partial charge is 0.471 e. The Balaban J connectivity index is 1.49. The van der Waals surface area contributed by atoms with Gasteiger partial charge in [-0.3, -0.25) is 0 Å². The van der Waals surface area contributed by atoms with Gasteiger partial charge in [0.05, 0.1) is 12.1 Å². The van der Waals surface area contributed by atoms with Crippen molar-refractivity contribution in [2.45, 2.75) is 69.2 Å². The van der Waals surface area contributed by atoms with Crippen LogP contribution in [-0.4, -0.2) is 45.6 Å². The Morgan fingerprint density at radius 3 is 2.58 bits per heavy atom. The number of benzene rings is 1. The van der Waals surface area contributed by atoms with Crippen LogP contribution in [0.25, 0.3) is 0 Å². The molecule has 3 atom stereocenters. The molecule has 0 bridgehead atoms. The average molecular weight is 462 g/mol. The van der Waals surface area contributed by atoms with E-state index in [1.54, 1.807) is 0 Å². The predicted octanol–water partition coefficient (Wildman–Crippen LogP) is 3.50. The molecule has 1 saturated carbocycles. The van der Waals surface area contributed by atoms with Gasteiger partial charge in [0.2, 0.25) is 5.88 Å². The normalized spacial score (nSPS) is 20.3. The summed E-state index contributed by atoms with van der Waals surface area (Å²) in [5.41, 5.74) is 2.00. The van der Waals surface area contributed by atoms with Crippen LogP contribution in [-0.2, 0) is 12.8 Å². The van der Waals surface area contributed by atoms with E-state index in [0.29, 0.717) is 5.88 Å². The molecule has 33 heavy (non-hydrogen) atoms. The first kappa shape index (κ1) is 23.4.